The van der Waals surface area contributed by atoms with Crippen LogP contribution in [0.2, 0.25) is 0 Å². The molecule has 27 heavy (non-hydrogen) atoms. The molecule has 0 saturated heterocycles. The third kappa shape index (κ3) is 46.6. The van der Waals surface area contributed by atoms with Crippen LogP contribution in [0.1, 0.15) is 132 Å². The Labute approximate surface area is 191 Å². The second-order valence-corrected chi connectivity index (χ2v) is 7.17. The van der Waals surface area contributed by atoms with Crippen LogP contribution in [0.4, 0.5) is 0 Å². The molecule has 2 radical (unpaired) electrons. The van der Waals surface area contributed by atoms with Crippen LogP contribution in [0.3, 0.4) is 0 Å². The van der Waals surface area contributed by atoms with Crippen LogP contribution in [0.15, 0.2) is 0 Å². The summed E-state index contributed by atoms with van der Waals surface area (Å²) in [6, 6.07) is 0. The summed E-state index contributed by atoms with van der Waals surface area (Å²) in [5, 5.41) is 20.7. The van der Waals surface area contributed by atoms with Gasteiger partial charge in [-0.1, -0.05) is 144 Å². The van der Waals surface area contributed by atoms with Crippen molar-refractivity contribution >= 4 is 23.9 Å². The molecule has 2 nitrogen and oxygen atoms in total. The van der Waals surface area contributed by atoms with Crippen LogP contribution in [0.25, 0.3) is 0 Å². The van der Waals surface area contributed by atoms with E-state index in [2.05, 4.69) is 55.4 Å². The Morgan fingerprint density at radius 1 is 0.481 bits per heavy atom. The van der Waals surface area contributed by atoms with Gasteiger partial charge in [0.1, 0.15) is 0 Å². The quantitative estimate of drug-likeness (QED) is 0.297. The zero-order valence-corrected chi connectivity index (χ0v) is 23.2. The summed E-state index contributed by atoms with van der Waals surface area (Å²) < 4.78 is 0. The molecule has 0 aliphatic rings. The first kappa shape index (κ1) is 38.3. The minimum Gasteiger partial charge on any atom is -0.854 e. The van der Waals surface area contributed by atoms with Gasteiger partial charge < -0.3 is 10.2 Å². The molecule has 0 aromatic rings. The minimum absolute atomic E-state index is 0. The molecule has 0 amide bonds. The van der Waals surface area contributed by atoms with Crippen LogP contribution >= 0.6 is 0 Å². The first-order valence-corrected chi connectivity index (χ1v) is 11.7. The number of unbranched alkanes of at least 4 members (excludes halogenated alkanes) is 4. The van der Waals surface area contributed by atoms with E-state index in [4.69, 9.17) is 0 Å². The van der Waals surface area contributed by atoms with Gasteiger partial charge in [-0.2, -0.15) is 0 Å². The van der Waals surface area contributed by atoms with Crippen molar-refractivity contribution in [3.05, 3.63) is 0 Å². The molecule has 0 fully saturated rings. The monoisotopic (exact) mass is 494 g/mol. The van der Waals surface area contributed by atoms with Gasteiger partial charge in [-0.25, -0.2) is 0 Å². The third-order valence-corrected chi connectivity index (χ3v) is 4.56. The van der Waals surface area contributed by atoms with Crippen molar-refractivity contribution in [2.24, 2.45) is 11.8 Å². The zero-order valence-electron chi connectivity index (χ0n) is 20.4. The Hall–Kier alpha value is 0.719. The van der Waals surface area contributed by atoms with E-state index >= 15 is 0 Å². The summed E-state index contributed by atoms with van der Waals surface area (Å²) in [5.41, 5.74) is 0. The smallest absolute Gasteiger partial charge is 0.854 e. The number of hydrogen-bond acceptors (Lipinski definition) is 2. The molecule has 0 aliphatic carbocycles. The Bertz CT molecular complexity index is 157. The number of rotatable bonds is 12. The van der Waals surface area contributed by atoms with E-state index in [9.17, 15) is 10.2 Å². The molecule has 166 valence electrons. The molecule has 0 aliphatic heterocycles. The number of hydrogen-bond donors (Lipinski definition) is 0. The Morgan fingerprint density at radius 3 is 0.852 bits per heavy atom. The Balaban J connectivity index is -0.0000000843. The molecule has 0 aromatic carbocycles. The van der Waals surface area contributed by atoms with Crippen molar-refractivity contribution in [1.29, 1.82) is 0 Å². The van der Waals surface area contributed by atoms with Gasteiger partial charge in [0.25, 0.3) is 0 Å². The maximum Gasteiger partial charge on any atom is 2.00 e. The van der Waals surface area contributed by atoms with Gasteiger partial charge in [0, 0.05) is 0 Å². The van der Waals surface area contributed by atoms with Gasteiger partial charge >= 0.3 is 23.9 Å². The fraction of sp³-hybridized carbons (Fsp3) is 1.00. The SMILES string of the molecule is CCCC.CCCC.CCCCC(CC)C[O-].CCCCC(CC)C[O-].[Sn+2]. The fourth-order valence-electron chi connectivity index (χ4n) is 1.80. The zero-order chi connectivity index (χ0) is 21.1. The predicted octanol–water partition coefficient (Wildman–Crippen LogP) is 6.36. The van der Waals surface area contributed by atoms with Crippen LogP contribution < -0.4 is 10.2 Å². The Kier molecular flexibility index (Phi) is 58.5. The van der Waals surface area contributed by atoms with Crippen molar-refractivity contribution in [1.82, 2.24) is 0 Å². The molecule has 0 rings (SSSR count). The van der Waals surface area contributed by atoms with E-state index in [1.54, 1.807) is 0 Å². The van der Waals surface area contributed by atoms with E-state index in [-0.39, 0.29) is 37.1 Å². The van der Waals surface area contributed by atoms with Crippen LogP contribution in [0.5, 0.6) is 0 Å². The minimum atomic E-state index is 0. The molecule has 0 saturated carbocycles. The van der Waals surface area contributed by atoms with Crippen LogP contribution in [-0.2, 0) is 0 Å². The summed E-state index contributed by atoms with van der Waals surface area (Å²) in [7, 11) is 0. The van der Waals surface area contributed by atoms with Gasteiger partial charge in [-0.15, -0.1) is 13.2 Å². The van der Waals surface area contributed by atoms with Crippen LogP contribution in [0, 0.1) is 11.8 Å². The van der Waals surface area contributed by atoms with Gasteiger partial charge in [0.05, 0.1) is 0 Å². The molecule has 2 atom stereocenters. The van der Waals surface area contributed by atoms with E-state index < -0.39 is 0 Å². The first-order chi connectivity index (χ1) is 12.5. The van der Waals surface area contributed by atoms with E-state index in [1.807, 2.05) is 0 Å². The van der Waals surface area contributed by atoms with Gasteiger partial charge in [0.2, 0.25) is 0 Å². The van der Waals surface area contributed by atoms with Crippen molar-refractivity contribution in [2.45, 2.75) is 132 Å². The molecular weight excluding hydrogens is 439 g/mol. The van der Waals surface area contributed by atoms with E-state index in [1.165, 1.54) is 51.4 Å². The third-order valence-electron chi connectivity index (χ3n) is 4.56. The molecule has 2 unspecified atom stereocenters. The molecule has 3 heteroatoms. The average molecular weight is 493 g/mol. The second-order valence-electron chi connectivity index (χ2n) is 7.17. The normalized spacial score (nSPS) is 11.3. The van der Waals surface area contributed by atoms with Crippen molar-refractivity contribution in [3.8, 4) is 0 Å². The van der Waals surface area contributed by atoms with Gasteiger partial charge in [-0.05, 0) is 0 Å². The molecule has 0 N–H and O–H groups in total. The first-order valence-electron chi connectivity index (χ1n) is 11.7. The topological polar surface area (TPSA) is 46.1 Å². The standard InChI is InChI=1S/2C8H17O.2C4H10.Sn/c2*1-3-5-6-8(4-2)7-9;2*1-3-4-2;/h2*8H,3-7H2,1-2H3;2*3-4H2,1-2H3;/q2*-1;;;+2. The second kappa shape index (κ2) is 41.2. The molecule has 0 aromatic heterocycles. The van der Waals surface area contributed by atoms with E-state index in [0.717, 1.165) is 25.7 Å². The summed E-state index contributed by atoms with van der Waals surface area (Å²) in [4.78, 5) is 0. The molecular formula is C24H54O2Sn. The fourth-order valence-corrected chi connectivity index (χ4v) is 1.80. The van der Waals surface area contributed by atoms with Crippen LogP contribution in [-0.4, -0.2) is 37.1 Å². The summed E-state index contributed by atoms with van der Waals surface area (Å²) in [5.74, 6) is 0.898. The molecule has 0 bridgehead atoms. The van der Waals surface area contributed by atoms with Gasteiger partial charge in [0.15, 0.2) is 0 Å². The average Bonchev–Trinajstić information content (AvgIpc) is 2.70. The van der Waals surface area contributed by atoms with Crippen molar-refractivity contribution in [3.63, 3.8) is 0 Å². The Morgan fingerprint density at radius 2 is 0.741 bits per heavy atom. The van der Waals surface area contributed by atoms with Gasteiger partial charge in [-0.3, -0.25) is 0 Å². The summed E-state index contributed by atoms with van der Waals surface area (Å²) in [6.45, 7) is 17.5. The predicted molar refractivity (Wildman–Crippen MR) is 123 cm³/mol. The van der Waals surface area contributed by atoms with E-state index in [0.29, 0.717) is 11.8 Å². The summed E-state index contributed by atoms with van der Waals surface area (Å²) in [6.07, 6.45) is 14.6. The van der Waals surface area contributed by atoms with Crippen molar-refractivity contribution < 1.29 is 10.2 Å². The molecule has 0 heterocycles. The molecule has 0 spiro atoms. The van der Waals surface area contributed by atoms with Crippen molar-refractivity contribution in [2.75, 3.05) is 13.2 Å². The largest absolute Gasteiger partial charge is 2.00 e. The maximum absolute atomic E-state index is 10.4. The maximum atomic E-state index is 10.4. The summed E-state index contributed by atoms with van der Waals surface area (Å²) >= 11 is 0.